The molecule has 0 fully saturated rings. The van der Waals surface area contributed by atoms with Crippen LogP contribution in [0.5, 0.6) is 0 Å². The summed E-state index contributed by atoms with van der Waals surface area (Å²) in [4.78, 5) is 12.0. The van der Waals surface area contributed by atoms with Crippen molar-refractivity contribution in [3.05, 3.63) is 40.4 Å². The fraction of sp³-hybridized carbons (Fsp3) is 0.308. The maximum atomic E-state index is 12.0. The van der Waals surface area contributed by atoms with Gasteiger partial charge in [-0.15, -0.1) is 10.2 Å². The number of nitrogens with zero attached hydrogens (tertiary/aromatic N) is 2. The average molecular weight is 276 g/mol. The van der Waals surface area contributed by atoms with E-state index in [9.17, 15) is 4.79 Å². The number of nitrogens with two attached hydrogens (primary N) is 1. The number of carbonyl (C=O) groups is 1. The summed E-state index contributed by atoms with van der Waals surface area (Å²) >= 11 is 1.41. The van der Waals surface area contributed by atoms with Crippen LogP contribution < -0.4 is 11.1 Å². The van der Waals surface area contributed by atoms with Gasteiger partial charge in [-0.05, 0) is 24.1 Å². The first-order valence-electron chi connectivity index (χ1n) is 6.15. The van der Waals surface area contributed by atoms with E-state index in [1.54, 1.807) is 12.1 Å². The maximum Gasteiger partial charge on any atom is 0.257 e. The third-order valence-corrected chi connectivity index (χ3v) is 3.50. The van der Waals surface area contributed by atoms with Gasteiger partial charge in [-0.2, -0.15) is 0 Å². The minimum absolute atomic E-state index is 0.178. The number of hydrogen-bond acceptors (Lipinski definition) is 5. The van der Waals surface area contributed by atoms with Crippen molar-refractivity contribution in [2.75, 3.05) is 5.32 Å². The van der Waals surface area contributed by atoms with Gasteiger partial charge in [-0.1, -0.05) is 30.4 Å². The molecule has 1 aromatic carbocycles. The quantitative estimate of drug-likeness (QED) is 0.877. The summed E-state index contributed by atoms with van der Waals surface area (Å²) in [6.45, 7) is 2.55. The fourth-order valence-corrected chi connectivity index (χ4v) is 2.42. The van der Waals surface area contributed by atoms with Crippen molar-refractivity contribution in [1.29, 1.82) is 0 Å². The van der Waals surface area contributed by atoms with Gasteiger partial charge in [0.2, 0.25) is 5.13 Å². The van der Waals surface area contributed by atoms with Crippen LogP contribution in [0.2, 0.25) is 0 Å². The lowest BCUT2D eigenvalue weighted by molar-refractivity contribution is 0.102. The van der Waals surface area contributed by atoms with E-state index in [2.05, 4.69) is 22.4 Å². The van der Waals surface area contributed by atoms with Crippen LogP contribution >= 0.6 is 11.3 Å². The van der Waals surface area contributed by atoms with Crippen molar-refractivity contribution in [2.24, 2.45) is 5.73 Å². The van der Waals surface area contributed by atoms with Crippen LogP contribution in [0.25, 0.3) is 0 Å². The molecule has 0 atom stereocenters. The van der Waals surface area contributed by atoms with Gasteiger partial charge in [0.1, 0.15) is 5.01 Å². The van der Waals surface area contributed by atoms with Crippen molar-refractivity contribution < 1.29 is 4.79 Å². The molecule has 0 saturated heterocycles. The highest BCUT2D eigenvalue weighted by atomic mass is 32.1. The first kappa shape index (κ1) is 13.6. The fourth-order valence-electron chi connectivity index (χ4n) is 1.58. The van der Waals surface area contributed by atoms with Gasteiger partial charge in [0.25, 0.3) is 5.91 Å². The molecule has 2 rings (SSSR count). The highest BCUT2D eigenvalue weighted by Gasteiger charge is 2.09. The van der Waals surface area contributed by atoms with Crippen LogP contribution in [-0.2, 0) is 13.0 Å². The van der Waals surface area contributed by atoms with Gasteiger partial charge in [0, 0.05) is 18.5 Å². The second-order valence-electron chi connectivity index (χ2n) is 4.11. The van der Waals surface area contributed by atoms with Crippen molar-refractivity contribution in [3.63, 3.8) is 0 Å². The van der Waals surface area contributed by atoms with Gasteiger partial charge >= 0.3 is 0 Å². The van der Waals surface area contributed by atoms with Crippen molar-refractivity contribution in [2.45, 2.75) is 26.3 Å². The average Bonchev–Trinajstić information content (AvgIpc) is 2.86. The van der Waals surface area contributed by atoms with Gasteiger partial charge in [0.15, 0.2) is 0 Å². The summed E-state index contributed by atoms with van der Waals surface area (Å²) in [7, 11) is 0. The minimum Gasteiger partial charge on any atom is -0.326 e. The van der Waals surface area contributed by atoms with E-state index >= 15 is 0 Å². The lowest BCUT2D eigenvalue weighted by Gasteiger charge is -2.02. The number of aryl methyl sites for hydroxylation is 1. The molecule has 0 aliphatic carbocycles. The summed E-state index contributed by atoms with van der Waals surface area (Å²) in [6, 6.07) is 7.20. The molecule has 0 aliphatic heterocycles. The largest absolute Gasteiger partial charge is 0.326 e. The van der Waals surface area contributed by atoms with E-state index in [4.69, 9.17) is 5.73 Å². The molecule has 6 heteroatoms. The number of nitrogens with one attached hydrogen (secondary N) is 1. The Labute approximate surface area is 115 Å². The van der Waals surface area contributed by atoms with Crippen LogP contribution in [-0.4, -0.2) is 16.1 Å². The summed E-state index contributed by atoms with van der Waals surface area (Å²) in [6.07, 6.45) is 1.90. The van der Waals surface area contributed by atoms with E-state index < -0.39 is 0 Å². The molecule has 5 nitrogen and oxygen atoms in total. The first-order chi connectivity index (χ1) is 9.22. The number of carbonyl (C=O) groups excluding carboxylic acids is 1. The number of anilines is 1. The van der Waals surface area contributed by atoms with E-state index in [0.717, 1.165) is 23.4 Å². The van der Waals surface area contributed by atoms with Gasteiger partial charge in [-0.25, -0.2) is 0 Å². The molecule has 0 aliphatic rings. The van der Waals surface area contributed by atoms with Crippen LogP contribution in [0, 0.1) is 0 Å². The van der Waals surface area contributed by atoms with Crippen LogP contribution in [0.3, 0.4) is 0 Å². The molecular weight excluding hydrogens is 260 g/mol. The SMILES string of the molecule is CCCc1nnc(NC(=O)c2ccc(CN)cc2)s1. The van der Waals surface area contributed by atoms with Crippen LogP contribution in [0.15, 0.2) is 24.3 Å². The Bertz CT molecular complexity index is 550. The highest BCUT2D eigenvalue weighted by molar-refractivity contribution is 7.15. The Morgan fingerprint density at radius 3 is 2.68 bits per heavy atom. The van der Waals surface area contributed by atoms with Crippen LogP contribution in [0.1, 0.15) is 34.3 Å². The second kappa shape index (κ2) is 6.40. The molecule has 19 heavy (non-hydrogen) atoms. The Morgan fingerprint density at radius 2 is 2.05 bits per heavy atom. The van der Waals surface area contributed by atoms with Gasteiger partial charge < -0.3 is 5.73 Å². The molecule has 0 saturated carbocycles. The molecule has 2 aromatic rings. The number of hydrogen-bond donors (Lipinski definition) is 2. The molecule has 3 N–H and O–H groups in total. The predicted octanol–water partition coefficient (Wildman–Crippen LogP) is 2.20. The predicted molar refractivity (Wildman–Crippen MR) is 76.2 cm³/mol. The monoisotopic (exact) mass is 276 g/mol. The zero-order valence-corrected chi connectivity index (χ0v) is 11.5. The topological polar surface area (TPSA) is 80.9 Å². The number of rotatable bonds is 5. The standard InChI is InChI=1S/C13H16N4OS/c1-2-3-11-16-17-13(19-11)15-12(18)10-6-4-9(8-14)5-7-10/h4-7H,2-3,8,14H2,1H3,(H,15,17,18). The smallest absolute Gasteiger partial charge is 0.257 e. The van der Waals surface area contributed by atoms with Gasteiger partial charge in [-0.3, -0.25) is 10.1 Å². The number of benzene rings is 1. The summed E-state index contributed by atoms with van der Waals surface area (Å²) in [5.41, 5.74) is 7.10. The Morgan fingerprint density at radius 1 is 1.32 bits per heavy atom. The van der Waals surface area contributed by atoms with Crippen LogP contribution in [0.4, 0.5) is 5.13 Å². The van der Waals surface area contributed by atoms with E-state index in [0.29, 0.717) is 17.2 Å². The lowest BCUT2D eigenvalue weighted by atomic mass is 10.1. The summed E-state index contributed by atoms with van der Waals surface area (Å²) in [5, 5.41) is 12.2. The zero-order chi connectivity index (χ0) is 13.7. The zero-order valence-electron chi connectivity index (χ0n) is 10.7. The number of aromatic nitrogens is 2. The molecule has 0 unspecified atom stereocenters. The molecular formula is C13H16N4OS. The van der Waals surface area contributed by atoms with Gasteiger partial charge in [0.05, 0.1) is 0 Å². The Hall–Kier alpha value is -1.79. The molecule has 1 amide bonds. The lowest BCUT2D eigenvalue weighted by Crippen LogP contribution is -2.11. The third kappa shape index (κ3) is 3.59. The maximum absolute atomic E-state index is 12.0. The normalized spacial score (nSPS) is 10.4. The molecule has 1 aromatic heterocycles. The van der Waals surface area contributed by atoms with Crippen molar-refractivity contribution >= 4 is 22.4 Å². The summed E-state index contributed by atoms with van der Waals surface area (Å²) in [5.74, 6) is -0.178. The molecule has 0 radical (unpaired) electrons. The molecule has 0 bridgehead atoms. The van der Waals surface area contributed by atoms with Crippen molar-refractivity contribution in [1.82, 2.24) is 10.2 Å². The molecule has 100 valence electrons. The Balaban J connectivity index is 2.02. The van der Waals surface area contributed by atoms with Crippen molar-refractivity contribution in [3.8, 4) is 0 Å². The van der Waals surface area contributed by atoms with E-state index in [1.807, 2.05) is 12.1 Å². The molecule has 1 heterocycles. The van der Waals surface area contributed by atoms with E-state index in [-0.39, 0.29) is 5.91 Å². The molecule has 0 spiro atoms. The third-order valence-electron chi connectivity index (χ3n) is 2.60. The Kier molecular flexibility index (Phi) is 4.59. The summed E-state index contributed by atoms with van der Waals surface area (Å²) < 4.78 is 0. The first-order valence-corrected chi connectivity index (χ1v) is 6.97. The van der Waals surface area contributed by atoms with E-state index in [1.165, 1.54) is 11.3 Å². The minimum atomic E-state index is -0.178. The number of amides is 1. The highest BCUT2D eigenvalue weighted by Crippen LogP contribution is 2.17. The second-order valence-corrected chi connectivity index (χ2v) is 5.17.